The first-order valence-electron chi connectivity index (χ1n) is 3.89. The fourth-order valence-corrected chi connectivity index (χ4v) is 1.32. The highest BCUT2D eigenvalue weighted by molar-refractivity contribution is 5.71. The number of fused-ring (bicyclic) bond motifs is 1. The van der Waals surface area contributed by atoms with E-state index in [9.17, 15) is 0 Å². The Bertz CT molecular complexity index is 389. The number of hydrogen-bond acceptors (Lipinski definition) is 2. The zero-order chi connectivity index (χ0) is 8.55. The molecule has 2 heterocycles. The number of nitrogens with zero attached hydrogens (tertiary/aromatic N) is 3. The summed E-state index contributed by atoms with van der Waals surface area (Å²) in [6.45, 7) is 0. The number of aromatic nitrogens is 2. The van der Waals surface area contributed by atoms with Crippen LogP contribution in [-0.4, -0.2) is 23.7 Å². The van der Waals surface area contributed by atoms with Crippen LogP contribution in [0.1, 0.15) is 0 Å². The maximum atomic E-state index is 4.17. The van der Waals surface area contributed by atoms with Crippen molar-refractivity contribution < 1.29 is 0 Å². The molecule has 0 fully saturated rings. The Morgan fingerprint density at radius 3 is 2.92 bits per heavy atom. The third-order valence-corrected chi connectivity index (χ3v) is 1.90. The fourth-order valence-electron chi connectivity index (χ4n) is 1.32. The van der Waals surface area contributed by atoms with E-state index >= 15 is 0 Å². The van der Waals surface area contributed by atoms with E-state index in [0.717, 1.165) is 5.52 Å². The molecular formula is C9H11N3. The summed E-state index contributed by atoms with van der Waals surface area (Å²) in [5.74, 6) is 0. The van der Waals surface area contributed by atoms with Gasteiger partial charge in [-0.1, -0.05) is 0 Å². The van der Waals surface area contributed by atoms with Crippen LogP contribution in [0.15, 0.2) is 30.6 Å². The lowest BCUT2D eigenvalue weighted by Gasteiger charge is -2.12. The molecule has 62 valence electrons. The number of rotatable bonds is 1. The third-order valence-electron chi connectivity index (χ3n) is 1.90. The van der Waals surface area contributed by atoms with Gasteiger partial charge in [-0.2, -0.15) is 5.10 Å². The van der Waals surface area contributed by atoms with Crippen molar-refractivity contribution in [3.05, 3.63) is 30.6 Å². The Balaban J connectivity index is 2.73. The van der Waals surface area contributed by atoms with Crippen molar-refractivity contribution >= 4 is 11.2 Å². The predicted octanol–water partition coefficient (Wildman–Crippen LogP) is 1.40. The number of anilines is 1. The van der Waals surface area contributed by atoms with Gasteiger partial charge in [-0.25, -0.2) is 4.52 Å². The molecule has 0 aliphatic carbocycles. The van der Waals surface area contributed by atoms with Crippen LogP contribution >= 0.6 is 0 Å². The Kier molecular flexibility index (Phi) is 1.50. The van der Waals surface area contributed by atoms with Crippen molar-refractivity contribution in [2.75, 3.05) is 19.0 Å². The normalized spacial score (nSPS) is 10.5. The van der Waals surface area contributed by atoms with Crippen LogP contribution in [0.4, 0.5) is 5.69 Å². The lowest BCUT2D eigenvalue weighted by atomic mass is 10.3. The van der Waals surface area contributed by atoms with Gasteiger partial charge >= 0.3 is 0 Å². The van der Waals surface area contributed by atoms with Gasteiger partial charge in [0.25, 0.3) is 0 Å². The molecule has 0 saturated carbocycles. The van der Waals surface area contributed by atoms with Crippen LogP contribution < -0.4 is 4.90 Å². The van der Waals surface area contributed by atoms with Crippen LogP contribution in [0, 0.1) is 0 Å². The van der Waals surface area contributed by atoms with E-state index in [2.05, 4.69) is 16.1 Å². The van der Waals surface area contributed by atoms with Gasteiger partial charge in [0, 0.05) is 26.5 Å². The second kappa shape index (κ2) is 2.52. The molecule has 12 heavy (non-hydrogen) atoms. The lowest BCUT2D eigenvalue weighted by molar-refractivity contribution is 0.932. The van der Waals surface area contributed by atoms with Crippen molar-refractivity contribution in [1.82, 2.24) is 9.61 Å². The average Bonchev–Trinajstić information content (AvgIpc) is 2.49. The van der Waals surface area contributed by atoms with Crippen LogP contribution in [0.25, 0.3) is 5.52 Å². The van der Waals surface area contributed by atoms with E-state index in [0.29, 0.717) is 0 Å². The topological polar surface area (TPSA) is 20.5 Å². The van der Waals surface area contributed by atoms with E-state index in [1.165, 1.54) is 5.69 Å². The first kappa shape index (κ1) is 7.16. The molecule has 0 atom stereocenters. The summed E-state index contributed by atoms with van der Waals surface area (Å²) >= 11 is 0. The molecule has 0 amide bonds. The molecule has 0 N–H and O–H groups in total. The molecule has 0 aliphatic heterocycles. The molecule has 0 spiro atoms. The molecule has 0 radical (unpaired) electrons. The molecule has 2 rings (SSSR count). The van der Waals surface area contributed by atoms with Gasteiger partial charge in [0.15, 0.2) is 0 Å². The molecule has 0 bridgehead atoms. The Morgan fingerprint density at radius 2 is 2.17 bits per heavy atom. The quantitative estimate of drug-likeness (QED) is 0.630. The SMILES string of the molecule is CN(C)c1ccnn2cccc12. The van der Waals surface area contributed by atoms with E-state index in [4.69, 9.17) is 0 Å². The minimum absolute atomic E-state index is 1.14. The Morgan fingerprint density at radius 1 is 1.33 bits per heavy atom. The maximum absolute atomic E-state index is 4.17. The van der Waals surface area contributed by atoms with Crippen molar-refractivity contribution in [1.29, 1.82) is 0 Å². The summed E-state index contributed by atoms with van der Waals surface area (Å²) in [5.41, 5.74) is 2.33. The highest BCUT2D eigenvalue weighted by Crippen LogP contribution is 2.17. The molecule has 0 aromatic carbocycles. The summed E-state index contributed by atoms with van der Waals surface area (Å²) in [5, 5.41) is 4.17. The molecular weight excluding hydrogens is 150 g/mol. The highest BCUT2D eigenvalue weighted by Gasteiger charge is 2.01. The predicted molar refractivity (Wildman–Crippen MR) is 49.5 cm³/mol. The maximum Gasteiger partial charge on any atom is 0.0879 e. The molecule has 0 saturated heterocycles. The van der Waals surface area contributed by atoms with Gasteiger partial charge in [-0.15, -0.1) is 0 Å². The largest absolute Gasteiger partial charge is 0.376 e. The standard InChI is InChI=1S/C9H11N3/c1-11(2)8-5-6-10-12-7-3-4-9(8)12/h3-7H,1-2H3. The Hall–Kier alpha value is -1.51. The molecule has 2 aromatic rings. The van der Waals surface area contributed by atoms with Crippen LogP contribution in [0.2, 0.25) is 0 Å². The van der Waals surface area contributed by atoms with Crippen LogP contribution in [-0.2, 0) is 0 Å². The monoisotopic (exact) mass is 161 g/mol. The lowest BCUT2D eigenvalue weighted by Crippen LogP contribution is -2.10. The van der Waals surface area contributed by atoms with Crippen LogP contribution in [0.3, 0.4) is 0 Å². The second-order valence-electron chi connectivity index (χ2n) is 2.95. The Labute approximate surface area is 71.2 Å². The van der Waals surface area contributed by atoms with Gasteiger partial charge in [-0.3, -0.25) is 0 Å². The first-order chi connectivity index (χ1) is 5.79. The first-order valence-corrected chi connectivity index (χ1v) is 3.89. The molecule has 0 aliphatic rings. The summed E-state index contributed by atoms with van der Waals surface area (Å²) in [4.78, 5) is 2.08. The van der Waals surface area contributed by atoms with Gasteiger partial charge in [-0.05, 0) is 18.2 Å². The minimum Gasteiger partial charge on any atom is -0.376 e. The molecule has 3 heteroatoms. The van der Waals surface area contributed by atoms with Crippen molar-refractivity contribution in [2.24, 2.45) is 0 Å². The zero-order valence-electron chi connectivity index (χ0n) is 7.23. The smallest absolute Gasteiger partial charge is 0.0879 e. The average molecular weight is 161 g/mol. The van der Waals surface area contributed by atoms with Crippen molar-refractivity contribution in [3.63, 3.8) is 0 Å². The van der Waals surface area contributed by atoms with Gasteiger partial charge in [0.1, 0.15) is 0 Å². The summed E-state index contributed by atoms with van der Waals surface area (Å²) in [6, 6.07) is 6.06. The summed E-state index contributed by atoms with van der Waals surface area (Å²) in [6.07, 6.45) is 3.75. The highest BCUT2D eigenvalue weighted by atomic mass is 15.2. The van der Waals surface area contributed by atoms with Crippen molar-refractivity contribution in [3.8, 4) is 0 Å². The van der Waals surface area contributed by atoms with Gasteiger partial charge in [0.05, 0.1) is 11.2 Å². The van der Waals surface area contributed by atoms with Gasteiger partial charge in [0.2, 0.25) is 0 Å². The van der Waals surface area contributed by atoms with E-state index in [1.54, 1.807) is 0 Å². The number of hydrogen-bond donors (Lipinski definition) is 0. The van der Waals surface area contributed by atoms with E-state index < -0.39 is 0 Å². The van der Waals surface area contributed by atoms with E-state index in [-0.39, 0.29) is 0 Å². The van der Waals surface area contributed by atoms with Crippen LogP contribution in [0.5, 0.6) is 0 Å². The van der Waals surface area contributed by atoms with Gasteiger partial charge < -0.3 is 4.90 Å². The second-order valence-corrected chi connectivity index (χ2v) is 2.95. The summed E-state index contributed by atoms with van der Waals surface area (Å²) in [7, 11) is 4.06. The zero-order valence-corrected chi connectivity index (χ0v) is 7.23. The minimum atomic E-state index is 1.14. The molecule has 2 aromatic heterocycles. The third kappa shape index (κ3) is 0.942. The molecule has 0 unspecified atom stereocenters. The van der Waals surface area contributed by atoms with Crippen molar-refractivity contribution in [2.45, 2.75) is 0 Å². The molecule has 3 nitrogen and oxygen atoms in total. The van der Waals surface area contributed by atoms with E-state index in [1.807, 2.05) is 43.1 Å². The summed E-state index contributed by atoms with van der Waals surface area (Å²) < 4.78 is 1.87. The fraction of sp³-hybridized carbons (Fsp3) is 0.222.